The van der Waals surface area contributed by atoms with Crippen LogP contribution in [0, 0.1) is 35.5 Å². The summed E-state index contributed by atoms with van der Waals surface area (Å²) >= 11 is 0. The number of carbonyl (C=O) groups excluding carboxylic acids is 4. The van der Waals surface area contributed by atoms with Gasteiger partial charge in [0.25, 0.3) is 0 Å². The summed E-state index contributed by atoms with van der Waals surface area (Å²) in [6, 6.07) is 5.27. The summed E-state index contributed by atoms with van der Waals surface area (Å²) in [6.45, 7) is 0. The van der Waals surface area contributed by atoms with Crippen LogP contribution < -0.4 is 0 Å². The molecule has 0 aromatic heterocycles. The molecule has 1 heterocycles. The van der Waals surface area contributed by atoms with Crippen LogP contribution in [0.5, 0.6) is 0 Å². The average Bonchev–Trinajstić information content (AvgIpc) is 3.55. The molecule has 30 heavy (non-hydrogen) atoms. The van der Waals surface area contributed by atoms with Crippen LogP contribution in [0.2, 0.25) is 0 Å². The van der Waals surface area contributed by atoms with Crippen LogP contribution in [0.25, 0.3) is 0 Å². The minimum atomic E-state index is -0.608. The summed E-state index contributed by atoms with van der Waals surface area (Å²) in [5.41, 5.74) is 1.57. The zero-order valence-electron chi connectivity index (χ0n) is 16.4. The molecule has 4 bridgehead atoms. The molecule has 0 N–H and O–H groups in total. The lowest BCUT2D eigenvalue weighted by Crippen LogP contribution is -2.30. The second kappa shape index (κ2) is 6.37. The van der Waals surface area contributed by atoms with E-state index in [2.05, 4.69) is 12.2 Å². The van der Waals surface area contributed by atoms with Crippen molar-refractivity contribution in [3.8, 4) is 0 Å². The minimum Gasteiger partial charge on any atom is -0.393 e. The number of ether oxygens (including phenoxy) is 2. The maximum atomic E-state index is 12.9. The molecule has 0 saturated heterocycles. The fourth-order valence-corrected chi connectivity index (χ4v) is 6.73. The molecule has 6 heteroatoms. The van der Waals surface area contributed by atoms with Gasteiger partial charge in [-0.2, -0.15) is 0 Å². The van der Waals surface area contributed by atoms with Gasteiger partial charge in [-0.3, -0.25) is 9.59 Å². The monoisotopic (exact) mass is 406 g/mol. The highest BCUT2D eigenvalue weighted by atomic mass is 16.6. The summed E-state index contributed by atoms with van der Waals surface area (Å²) in [5.74, 6) is -1.21. The summed E-state index contributed by atoms with van der Waals surface area (Å²) in [5, 5.41) is 0. The molecule has 7 unspecified atom stereocenters. The van der Waals surface area contributed by atoms with Gasteiger partial charge in [0.05, 0.1) is 23.0 Å². The average molecular weight is 406 g/mol. The summed E-state index contributed by atoms with van der Waals surface area (Å²) in [6.07, 6.45) is 8.66. The fraction of sp³-hybridized carbons (Fsp3) is 0.500. The van der Waals surface area contributed by atoms with Gasteiger partial charge >= 0.3 is 23.9 Å². The molecule has 5 aliphatic rings. The molecule has 0 amide bonds. The number of rotatable bonds is 3. The topological polar surface area (TPSA) is 86.7 Å². The van der Waals surface area contributed by atoms with Crippen LogP contribution in [0.15, 0.2) is 30.4 Å². The maximum Gasteiger partial charge on any atom is 0.346 e. The SMILES string of the molecule is O=C1OC(=O)c2cc(C3C4CCC3C(C(=O)OC(=O)C3CC5C=CC3C5)C4)ccc21. The van der Waals surface area contributed by atoms with Crippen LogP contribution >= 0.6 is 0 Å². The van der Waals surface area contributed by atoms with E-state index < -0.39 is 11.9 Å². The third kappa shape index (κ3) is 2.55. The van der Waals surface area contributed by atoms with E-state index in [0.717, 1.165) is 31.2 Å². The second-order valence-corrected chi connectivity index (χ2v) is 9.48. The van der Waals surface area contributed by atoms with Gasteiger partial charge in [-0.15, -0.1) is 0 Å². The van der Waals surface area contributed by atoms with Gasteiger partial charge in [0, 0.05) is 0 Å². The highest BCUT2D eigenvalue weighted by molar-refractivity contribution is 6.14. The van der Waals surface area contributed by atoms with E-state index in [9.17, 15) is 19.2 Å². The van der Waals surface area contributed by atoms with E-state index in [0.29, 0.717) is 29.4 Å². The van der Waals surface area contributed by atoms with Crippen molar-refractivity contribution in [3.63, 3.8) is 0 Å². The molecule has 7 atom stereocenters. The van der Waals surface area contributed by atoms with E-state index >= 15 is 0 Å². The Hall–Kier alpha value is -2.76. The first kappa shape index (κ1) is 18.0. The maximum absolute atomic E-state index is 12.9. The smallest absolute Gasteiger partial charge is 0.346 e. The van der Waals surface area contributed by atoms with E-state index in [-0.39, 0.29) is 41.5 Å². The van der Waals surface area contributed by atoms with Gasteiger partial charge in [-0.1, -0.05) is 18.2 Å². The van der Waals surface area contributed by atoms with Crippen LogP contribution in [0.4, 0.5) is 0 Å². The molecule has 0 radical (unpaired) electrons. The first-order valence-electron chi connectivity index (χ1n) is 10.8. The minimum absolute atomic E-state index is 0.0985. The van der Waals surface area contributed by atoms with Gasteiger partial charge in [-0.25, -0.2) is 9.59 Å². The second-order valence-electron chi connectivity index (χ2n) is 9.48. The van der Waals surface area contributed by atoms with Crippen LogP contribution in [-0.4, -0.2) is 23.9 Å². The largest absolute Gasteiger partial charge is 0.393 e. The summed E-state index contributed by atoms with van der Waals surface area (Å²) < 4.78 is 10.1. The van der Waals surface area contributed by atoms with E-state index in [1.54, 1.807) is 12.1 Å². The van der Waals surface area contributed by atoms with E-state index in [4.69, 9.17) is 9.47 Å². The van der Waals surface area contributed by atoms with Crippen molar-refractivity contribution in [2.75, 3.05) is 0 Å². The molecule has 0 spiro atoms. The number of hydrogen-bond acceptors (Lipinski definition) is 6. The fourth-order valence-electron chi connectivity index (χ4n) is 6.73. The third-order valence-corrected chi connectivity index (χ3v) is 8.05. The van der Waals surface area contributed by atoms with Gasteiger partial charge in [-0.05, 0) is 79.4 Å². The molecule has 1 aliphatic heterocycles. The predicted molar refractivity (Wildman–Crippen MR) is 103 cm³/mol. The molecule has 6 rings (SSSR count). The van der Waals surface area contributed by atoms with Crippen molar-refractivity contribution < 1.29 is 28.7 Å². The van der Waals surface area contributed by atoms with Crippen LogP contribution in [0.3, 0.4) is 0 Å². The molecule has 6 nitrogen and oxygen atoms in total. The van der Waals surface area contributed by atoms with E-state index in [1.165, 1.54) is 0 Å². The Bertz CT molecular complexity index is 1020. The number of fused-ring (bicyclic) bond motifs is 5. The first-order valence-corrected chi connectivity index (χ1v) is 10.8. The zero-order chi connectivity index (χ0) is 20.6. The standard InChI is InChI=1S/C24H22O6/c25-21-16-6-4-14(10-19(16)24(28)29-21)20-13-3-5-15(20)18(9-13)23(27)30-22(26)17-8-11-1-2-12(17)7-11/h1-2,4,6,10-13,15,17-18,20H,3,5,7-9H2. The van der Waals surface area contributed by atoms with Crippen molar-refractivity contribution in [1.82, 2.24) is 0 Å². The molecule has 3 fully saturated rings. The van der Waals surface area contributed by atoms with Crippen LogP contribution in [0.1, 0.15) is 64.3 Å². The van der Waals surface area contributed by atoms with Gasteiger partial charge in [0.2, 0.25) is 0 Å². The van der Waals surface area contributed by atoms with Gasteiger partial charge < -0.3 is 9.47 Å². The number of benzene rings is 1. The van der Waals surface area contributed by atoms with Crippen molar-refractivity contribution >= 4 is 23.9 Å². The number of cyclic esters (lactones) is 2. The van der Waals surface area contributed by atoms with E-state index in [1.807, 2.05) is 6.07 Å². The van der Waals surface area contributed by atoms with Gasteiger partial charge in [0.15, 0.2) is 0 Å². The van der Waals surface area contributed by atoms with Crippen molar-refractivity contribution in [2.24, 2.45) is 35.5 Å². The van der Waals surface area contributed by atoms with Crippen molar-refractivity contribution in [2.45, 2.75) is 38.0 Å². The third-order valence-electron chi connectivity index (χ3n) is 8.05. The number of carbonyl (C=O) groups is 4. The summed E-state index contributed by atoms with van der Waals surface area (Å²) in [7, 11) is 0. The molecule has 3 saturated carbocycles. The number of esters is 4. The Morgan fingerprint density at radius 1 is 0.900 bits per heavy atom. The highest BCUT2D eigenvalue weighted by Crippen LogP contribution is 2.58. The van der Waals surface area contributed by atoms with Crippen LogP contribution in [-0.2, 0) is 19.1 Å². The molecule has 1 aromatic carbocycles. The predicted octanol–water partition coefficient (Wildman–Crippen LogP) is 3.41. The van der Waals surface area contributed by atoms with Crippen molar-refractivity contribution in [3.05, 3.63) is 47.0 Å². The zero-order valence-corrected chi connectivity index (χ0v) is 16.4. The van der Waals surface area contributed by atoms with Gasteiger partial charge in [0.1, 0.15) is 0 Å². The molecule has 1 aromatic rings. The first-order chi connectivity index (χ1) is 14.5. The van der Waals surface area contributed by atoms with Crippen molar-refractivity contribution in [1.29, 1.82) is 0 Å². The lowest BCUT2D eigenvalue weighted by Gasteiger charge is -2.22. The Balaban J connectivity index is 1.19. The molecular weight excluding hydrogens is 384 g/mol. The Morgan fingerprint density at radius 3 is 2.47 bits per heavy atom. The lowest BCUT2D eigenvalue weighted by atomic mass is 9.85. The Labute approximate surface area is 173 Å². The molecular formula is C24H22O6. The highest BCUT2D eigenvalue weighted by Gasteiger charge is 2.53. The Kier molecular flexibility index (Phi) is 3.83. The summed E-state index contributed by atoms with van der Waals surface area (Å²) in [4.78, 5) is 49.1. The normalized spacial score (nSPS) is 37.5. The Morgan fingerprint density at radius 2 is 1.70 bits per heavy atom. The molecule has 154 valence electrons. The lowest BCUT2D eigenvalue weighted by molar-refractivity contribution is -0.167. The number of allylic oxidation sites excluding steroid dienone is 2. The molecule has 4 aliphatic carbocycles. The quantitative estimate of drug-likeness (QED) is 0.434. The number of hydrogen-bond donors (Lipinski definition) is 0.